The maximum Gasteiger partial charge on any atom is 0.227 e. The van der Waals surface area contributed by atoms with Crippen LogP contribution in [0.3, 0.4) is 0 Å². The standard InChI is InChI=1S/C20H21N5O2/c1-12-13(2)24-25(14(12)3)18-10-19(22-11-21-18)27-17-8-6-16(7-9-17)23-20(26)15-4-5-15/h6-11,15H,4-5H2,1-3H3,(H,23,26). The van der Waals surface area contributed by atoms with Gasteiger partial charge in [-0.2, -0.15) is 5.10 Å². The number of benzene rings is 1. The van der Waals surface area contributed by atoms with Gasteiger partial charge in [0.05, 0.1) is 5.69 Å². The molecule has 0 aliphatic heterocycles. The Morgan fingerprint density at radius 1 is 1.15 bits per heavy atom. The van der Waals surface area contributed by atoms with Gasteiger partial charge in [0, 0.05) is 23.4 Å². The maximum absolute atomic E-state index is 11.8. The number of rotatable bonds is 5. The van der Waals surface area contributed by atoms with Gasteiger partial charge < -0.3 is 10.1 Å². The SMILES string of the molecule is Cc1nn(-c2cc(Oc3ccc(NC(=O)C4CC4)cc3)ncn2)c(C)c1C. The van der Waals surface area contributed by atoms with Gasteiger partial charge in [-0.3, -0.25) is 4.79 Å². The number of hydrogen-bond donors (Lipinski definition) is 1. The fourth-order valence-electron chi connectivity index (χ4n) is 2.76. The molecule has 1 saturated carbocycles. The minimum atomic E-state index is 0.0873. The summed E-state index contributed by atoms with van der Waals surface area (Å²) >= 11 is 0. The molecule has 0 unspecified atom stereocenters. The molecule has 1 amide bonds. The third-order valence-electron chi connectivity index (χ3n) is 4.79. The van der Waals surface area contributed by atoms with E-state index in [4.69, 9.17) is 4.74 Å². The average Bonchev–Trinajstić information content (AvgIpc) is 3.48. The molecule has 1 N–H and O–H groups in total. The zero-order valence-corrected chi connectivity index (χ0v) is 15.6. The molecule has 27 heavy (non-hydrogen) atoms. The minimum Gasteiger partial charge on any atom is -0.439 e. The van der Waals surface area contributed by atoms with Crippen molar-refractivity contribution >= 4 is 11.6 Å². The molecule has 1 aliphatic rings. The van der Waals surface area contributed by atoms with Crippen molar-refractivity contribution in [3.63, 3.8) is 0 Å². The summed E-state index contributed by atoms with van der Waals surface area (Å²) in [5, 5.41) is 7.42. The van der Waals surface area contributed by atoms with E-state index < -0.39 is 0 Å². The molecule has 0 saturated heterocycles. The number of carbonyl (C=O) groups is 1. The second-order valence-electron chi connectivity index (χ2n) is 6.81. The third-order valence-corrected chi connectivity index (χ3v) is 4.79. The van der Waals surface area contributed by atoms with Crippen LogP contribution in [-0.2, 0) is 4.79 Å². The average molecular weight is 363 g/mol. The fourth-order valence-corrected chi connectivity index (χ4v) is 2.76. The van der Waals surface area contributed by atoms with Crippen LogP contribution in [0.1, 0.15) is 29.8 Å². The normalized spacial score (nSPS) is 13.4. The molecular weight excluding hydrogens is 342 g/mol. The summed E-state index contributed by atoms with van der Waals surface area (Å²) in [7, 11) is 0. The predicted molar refractivity (Wildman–Crippen MR) is 101 cm³/mol. The van der Waals surface area contributed by atoms with Gasteiger partial charge in [0.15, 0.2) is 5.82 Å². The highest BCUT2D eigenvalue weighted by atomic mass is 16.5. The fraction of sp³-hybridized carbons (Fsp3) is 0.300. The Hall–Kier alpha value is -3.22. The lowest BCUT2D eigenvalue weighted by molar-refractivity contribution is -0.117. The Morgan fingerprint density at radius 2 is 1.89 bits per heavy atom. The summed E-state index contributed by atoms with van der Waals surface area (Å²) in [5.41, 5.74) is 3.91. The van der Waals surface area contributed by atoms with Crippen LogP contribution in [0.4, 0.5) is 5.69 Å². The quantitative estimate of drug-likeness (QED) is 0.747. The van der Waals surface area contributed by atoms with Crippen LogP contribution >= 0.6 is 0 Å². The molecule has 0 radical (unpaired) electrons. The smallest absolute Gasteiger partial charge is 0.227 e. The summed E-state index contributed by atoms with van der Waals surface area (Å²) in [6.07, 6.45) is 3.43. The summed E-state index contributed by atoms with van der Waals surface area (Å²) in [4.78, 5) is 20.3. The first kappa shape index (κ1) is 17.2. The van der Waals surface area contributed by atoms with Crippen molar-refractivity contribution < 1.29 is 9.53 Å². The zero-order chi connectivity index (χ0) is 19.0. The number of amides is 1. The van der Waals surface area contributed by atoms with E-state index in [2.05, 4.69) is 20.4 Å². The molecule has 7 heteroatoms. The number of ether oxygens (including phenoxy) is 1. The highest BCUT2D eigenvalue weighted by molar-refractivity contribution is 5.94. The molecule has 0 bridgehead atoms. The van der Waals surface area contributed by atoms with Gasteiger partial charge in [-0.25, -0.2) is 14.6 Å². The van der Waals surface area contributed by atoms with Crippen molar-refractivity contribution in [2.24, 2.45) is 5.92 Å². The Balaban J connectivity index is 1.49. The van der Waals surface area contributed by atoms with E-state index in [1.165, 1.54) is 6.33 Å². The van der Waals surface area contributed by atoms with Gasteiger partial charge in [-0.15, -0.1) is 0 Å². The molecule has 2 heterocycles. The van der Waals surface area contributed by atoms with Crippen molar-refractivity contribution in [2.75, 3.05) is 5.32 Å². The molecule has 1 aromatic carbocycles. The molecule has 7 nitrogen and oxygen atoms in total. The van der Waals surface area contributed by atoms with Gasteiger partial charge in [0.25, 0.3) is 0 Å². The molecule has 4 rings (SSSR count). The number of aryl methyl sites for hydroxylation is 1. The highest BCUT2D eigenvalue weighted by Gasteiger charge is 2.29. The van der Waals surface area contributed by atoms with Gasteiger partial charge in [-0.05, 0) is 63.4 Å². The monoisotopic (exact) mass is 363 g/mol. The number of nitrogens with one attached hydrogen (secondary N) is 1. The van der Waals surface area contributed by atoms with Gasteiger partial charge >= 0.3 is 0 Å². The number of nitrogens with zero attached hydrogens (tertiary/aromatic N) is 4. The van der Waals surface area contributed by atoms with E-state index in [-0.39, 0.29) is 11.8 Å². The lowest BCUT2D eigenvalue weighted by atomic mass is 10.2. The number of anilines is 1. The summed E-state index contributed by atoms with van der Waals surface area (Å²) in [5.74, 6) is 1.98. The van der Waals surface area contributed by atoms with Crippen LogP contribution in [0.25, 0.3) is 5.82 Å². The molecule has 0 atom stereocenters. The molecule has 3 aromatic rings. The Kier molecular flexibility index (Phi) is 4.35. The third kappa shape index (κ3) is 3.67. The minimum absolute atomic E-state index is 0.0873. The van der Waals surface area contributed by atoms with E-state index >= 15 is 0 Å². The molecule has 1 aliphatic carbocycles. The topological polar surface area (TPSA) is 81.9 Å². The van der Waals surface area contributed by atoms with E-state index in [1.807, 2.05) is 32.9 Å². The molecule has 138 valence electrons. The Bertz CT molecular complexity index is 990. The summed E-state index contributed by atoms with van der Waals surface area (Å²) < 4.78 is 7.62. The second-order valence-corrected chi connectivity index (χ2v) is 6.81. The lowest BCUT2D eigenvalue weighted by Crippen LogP contribution is -2.12. The van der Waals surface area contributed by atoms with Crippen LogP contribution in [-0.4, -0.2) is 25.7 Å². The zero-order valence-electron chi connectivity index (χ0n) is 15.6. The number of carbonyl (C=O) groups excluding carboxylic acids is 1. The first-order valence-corrected chi connectivity index (χ1v) is 8.95. The predicted octanol–water partition coefficient (Wildman–Crippen LogP) is 3.73. The van der Waals surface area contributed by atoms with Crippen molar-refractivity contribution in [3.05, 3.63) is 53.6 Å². The van der Waals surface area contributed by atoms with E-state index in [0.717, 1.165) is 35.5 Å². The van der Waals surface area contributed by atoms with E-state index in [1.54, 1.807) is 22.9 Å². The largest absolute Gasteiger partial charge is 0.439 e. The van der Waals surface area contributed by atoms with Gasteiger partial charge in [-0.1, -0.05) is 0 Å². The van der Waals surface area contributed by atoms with Gasteiger partial charge in [0.2, 0.25) is 11.8 Å². The first-order chi connectivity index (χ1) is 13.0. The van der Waals surface area contributed by atoms with Crippen molar-refractivity contribution in [1.29, 1.82) is 0 Å². The van der Waals surface area contributed by atoms with E-state index in [9.17, 15) is 4.79 Å². The molecular formula is C20H21N5O2. The lowest BCUT2D eigenvalue weighted by Gasteiger charge is -2.09. The molecule has 2 aromatic heterocycles. The van der Waals surface area contributed by atoms with Crippen molar-refractivity contribution in [1.82, 2.24) is 19.7 Å². The van der Waals surface area contributed by atoms with Crippen molar-refractivity contribution in [2.45, 2.75) is 33.6 Å². The summed E-state index contributed by atoms with van der Waals surface area (Å²) in [6, 6.07) is 9.00. The van der Waals surface area contributed by atoms with Crippen LogP contribution in [0, 0.1) is 26.7 Å². The van der Waals surface area contributed by atoms with E-state index in [0.29, 0.717) is 17.4 Å². The highest BCUT2D eigenvalue weighted by Crippen LogP contribution is 2.30. The van der Waals surface area contributed by atoms with Gasteiger partial charge in [0.1, 0.15) is 12.1 Å². The Labute approximate surface area is 157 Å². The second kappa shape index (κ2) is 6.83. The molecule has 1 fully saturated rings. The molecule has 0 spiro atoms. The maximum atomic E-state index is 11.8. The van der Waals surface area contributed by atoms with Crippen molar-refractivity contribution in [3.8, 4) is 17.4 Å². The van der Waals surface area contributed by atoms with Crippen LogP contribution < -0.4 is 10.1 Å². The van der Waals surface area contributed by atoms with Crippen LogP contribution in [0.2, 0.25) is 0 Å². The number of aromatic nitrogens is 4. The van der Waals surface area contributed by atoms with Crippen LogP contribution in [0.5, 0.6) is 11.6 Å². The summed E-state index contributed by atoms with van der Waals surface area (Å²) in [6.45, 7) is 6.02. The van der Waals surface area contributed by atoms with Crippen LogP contribution in [0.15, 0.2) is 36.7 Å². The first-order valence-electron chi connectivity index (χ1n) is 8.95. The Morgan fingerprint density at radius 3 is 2.52 bits per heavy atom. The number of hydrogen-bond acceptors (Lipinski definition) is 5.